The molecule has 0 fully saturated rings. The van der Waals surface area contributed by atoms with E-state index in [0.717, 1.165) is 5.69 Å². The second kappa shape index (κ2) is 10.2. The maximum Gasteiger partial charge on any atom is 0.164 e. The Hall–Kier alpha value is -2.22. The van der Waals surface area contributed by atoms with Gasteiger partial charge in [0.05, 0.1) is 4.75 Å². The molecule has 158 valence electrons. The molecule has 0 bridgehead atoms. The van der Waals surface area contributed by atoms with Gasteiger partial charge >= 0.3 is 0 Å². The molecule has 8 heteroatoms. The SMILES string of the molecule is CC(CC(=O)c1ccc(Cl)cc1)(c1ccc(Cl)cc1)S(=O)(=O)[O-].[NH3+]c1ccccc1. The zero-order valence-corrected chi connectivity index (χ0v) is 18.5. The number of halogens is 2. The summed E-state index contributed by atoms with van der Waals surface area (Å²) in [6.07, 6.45) is -0.470. The van der Waals surface area contributed by atoms with Gasteiger partial charge in [-0.15, -0.1) is 0 Å². The number of carbonyl (C=O) groups excluding carboxylic acids is 1. The number of ketones is 1. The van der Waals surface area contributed by atoms with E-state index in [9.17, 15) is 17.8 Å². The van der Waals surface area contributed by atoms with Gasteiger partial charge in [0, 0.05) is 22.0 Å². The molecule has 0 radical (unpaired) electrons. The third-order valence-corrected chi connectivity index (χ3v) is 6.50. The van der Waals surface area contributed by atoms with E-state index >= 15 is 0 Å². The van der Waals surface area contributed by atoms with Crippen molar-refractivity contribution in [2.75, 3.05) is 0 Å². The van der Waals surface area contributed by atoms with Crippen molar-refractivity contribution >= 4 is 44.8 Å². The van der Waals surface area contributed by atoms with Crippen LogP contribution in [-0.4, -0.2) is 18.8 Å². The van der Waals surface area contributed by atoms with Crippen molar-refractivity contribution < 1.29 is 23.5 Å². The minimum absolute atomic E-state index is 0.221. The molecule has 0 heterocycles. The second-order valence-electron chi connectivity index (χ2n) is 6.78. The van der Waals surface area contributed by atoms with E-state index in [-0.39, 0.29) is 5.56 Å². The molecular weight excluding hydrogens is 445 g/mol. The molecule has 0 aromatic heterocycles. The first kappa shape index (κ1) is 24.1. The predicted octanol–water partition coefficient (Wildman–Crippen LogP) is 4.59. The summed E-state index contributed by atoms with van der Waals surface area (Å²) in [4.78, 5) is 12.4. The Morgan fingerprint density at radius 2 is 1.37 bits per heavy atom. The summed E-state index contributed by atoms with van der Waals surface area (Å²) in [6, 6.07) is 21.7. The van der Waals surface area contributed by atoms with E-state index in [0.29, 0.717) is 15.6 Å². The van der Waals surface area contributed by atoms with E-state index in [1.54, 1.807) is 0 Å². The van der Waals surface area contributed by atoms with Gasteiger partial charge in [0.1, 0.15) is 15.8 Å². The van der Waals surface area contributed by atoms with Gasteiger partial charge in [0.2, 0.25) is 0 Å². The van der Waals surface area contributed by atoms with E-state index < -0.39 is 27.1 Å². The number of rotatable bonds is 5. The predicted molar refractivity (Wildman–Crippen MR) is 118 cm³/mol. The highest BCUT2D eigenvalue weighted by atomic mass is 35.5. The maximum atomic E-state index is 12.4. The molecule has 1 atom stereocenters. The summed E-state index contributed by atoms with van der Waals surface area (Å²) in [5, 5.41) is 0.863. The first-order valence-corrected chi connectivity index (χ1v) is 11.1. The molecule has 3 aromatic rings. The maximum absolute atomic E-state index is 12.4. The van der Waals surface area contributed by atoms with Crippen molar-refractivity contribution in [1.82, 2.24) is 0 Å². The fourth-order valence-corrected chi connectivity index (χ4v) is 3.64. The fourth-order valence-electron chi connectivity index (χ4n) is 2.66. The minimum Gasteiger partial charge on any atom is -0.747 e. The number of hydrogen-bond donors (Lipinski definition) is 1. The van der Waals surface area contributed by atoms with Crippen molar-refractivity contribution in [2.24, 2.45) is 0 Å². The van der Waals surface area contributed by atoms with Crippen LogP contribution in [0.25, 0.3) is 0 Å². The van der Waals surface area contributed by atoms with Gasteiger partial charge in [-0.3, -0.25) is 4.79 Å². The zero-order chi connectivity index (χ0) is 22.4. The van der Waals surface area contributed by atoms with E-state index in [2.05, 4.69) is 5.73 Å². The van der Waals surface area contributed by atoms with Crippen LogP contribution in [-0.2, 0) is 14.9 Å². The first-order chi connectivity index (χ1) is 14.0. The summed E-state index contributed by atoms with van der Waals surface area (Å²) < 4.78 is 33.5. The lowest BCUT2D eigenvalue weighted by atomic mass is 9.92. The normalized spacial score (nSPS) is 13.0. The van der Waals surface area contributed by atoms with Gasteiger partial charge in [-0.25, -0.2) is 8.42 Å². The molecule has 0 saturated heterocycles. The van der Waals surface area contributed by atoms with Crippen LogP contribution in [0.15, 0.2) is 78.9 Å². The van der Waals surface area contributed by atoms with Gasteiger partial charge < -0.3 is 10.3 Å². The van der Waals surface area contributed by atoms with Crippen molar-refractivity contribution in [1.29, 1.82) is 0 Å². The number of benzene rings is 3. The average molecular weight is 466 g/mol. The van der Waals surface area contributed by atoms with Crippen LogP contribution in [0.2, 0.25) is 10.0 Å². The molecule has 3 rings (SSSR count). The molecule has 0 aliphatic heterocycles. The molecule has 0 aliphatic rings. The van der Waals surface area contributed by atoms with Crippen molar-refractivity contribution in [3.05, 3.63) is 100 Å². The summed E-state index contributed by atoms with van der Waals surface area (Å²) >= 11 is 11.5. The van der Waals surface area contributed by atoms with Crippen LogP contribution in [0.4, 0.5) is 5.69 Å². The van der Waals surface area contributed by atoms with Gasteiger partial charge in [-0.1, -0.05) is 53.5 Å². The lowest BCUT2D eigenvalue weighted by Gasteiger charge is -2.32. The Morgan fingerprint density at radius 3 is 1.77 bits per heavy atom. The quantitative estimate of drug-likeness (QED) is 0.439. The summed E-state index contributed by atoms with van der Waals surface area (Å²) in [7, 11) is -4.78. The van der Waals surface area contributed by atoms with Gasteiger partial charge in [-0.05, 0) is 61.0 Å². The first-order valence-electron chi connectivity index (χ1n) is 8.90. The third-order valence-electron chi connectivity index (χ3n) is 4.51. The van der Waals surface area contributed by atoms with E-state index in [1.165, 1.54) is 55.5 Å². The minimum atomic E-state index is -4.78. The summed E-state index contributed by atoms with van der Waals surface area (Å²) in [5.41, 5.74) is 5.30. The molecule has 3 N–H and O–H groups in total. The Bertz CT molecular complexity index is 1090. The lowest BCUT2D eigenvalue weighted by molar-refractivity contribution is -0.254. The van der Waals surface area contributed by atoms with Crippen LogP contribution in [0.3, 0.4) is 0 Å². The van der Waals surface area contributed by atoms with Gasteiger partial charge in [0.15, 0.2) is 5.78 Å². The number of hydrogen-bond acceptors (Lipinski definition) is 4. The number of Topliss-reactive ketones (excluding diaryl/α,β-unsaturated/α-hetero) is 1. The van der Waals surface area contributed by atoms with Crippen LogP contribution in [0.1, 0.15) is 29.3 Å². The number of carbonyl (C=O) groups is 1. The molecule has 1 unspecified atom stereocenters. The standard InChI is InChI=1S/C16H14Cl2O4S.C6H7N/c1-16(23(20,21)22,12-4-8-14(18)9-5-12)10-15(19)11-2-6-13(17)7-3-11;7-6-4-2-1-3-5-6/h2-9H,10H2,1H3,(H,20,21,22);1-5H,7H2. The van der Waals surface area contributed by atoms with Crippen LogP contribution in [0.5, 0.6) is 0 Å². The van der Waals surface area contributed by atoms with E-state index in [4.69, 9.17) is 23.2 Å². The molecule has 5 nitrogen and oxygen atoms in total. The molecular formula is C22H21Cl2NO4S. The van der Waals surface area contributed by atoms with Gasteiger partial charge in [-0.2, -0.15) is 0 Å². The fraction of sp³-hybridized carbons (Fsp3) is 0.136. The van der Waals surface area contributed by atoms with Crippen molar-refractivity contribution in [2.45, 2.75) is 18.1 Å². The molecule has 0 spiro atoms. The summed E-state index contributed by atoms with van der Waals surface area (Å²) in [5.74, 6) is -0.460. The second-order valence-corrected chi connectivity index (χ2v) is 9.47. The highest BCUT2D eigenvalue weighted by Gasteiger charge is 2.36. The molecule has 0 saturated carbocycles. The van der Waals surface area contributed by atoms with Crippen molar-refractivity contribution in [3.8, 4) is 0 Å². The Morgan fingerprint density at radius 1 is 0.900 bits per heavy atom. The molecule has 30 heavy (non-hydrogen) atoms. The molecule has 0 aliphatic carbocycles. The number of quaternary nitrogens is 1. The smallest absolute Gasteiger partial charge is 0.164 e. The topological polar surface area (TPSA) is 102 Å². The van der Waals surface area contributed by atoms with Crippen molar-refractivity contribution in [3.63, 3.8) is 0 Å². The molecule has 3 aromatic carbocycles. The Labute approximate surface area is 186 Å². The Kier molecular flexibility index (Phi) is 8.18. The van der Waals surface area contributed by atoms with Crippen LogP contribution < -0.4 is 5.73 Å². The highest BCUT2D eigenvalue weighted by molar-refractivity contribution is 7.86. The van der Waals surface area contributed by atoms with Crippen LogP contribution in [0, 0.1) is 0 Å². The lowest BCUT2D eigenvalue weighted by Crippen LogP contribution is -2.39. The average Bonchev–Trinajstić information content (AvgIpc) is 2.69. The largest absolute Gasteiger partial charge is 0.747 e. The zero-order valence-electron chi connectivity index (χ0n) is 16.2. The monoisotopic (exact) mass is 465 g/mol. The molecule has 0 amide bonds. The van der Waals surface area contributed by atoms with Gasteiger partial charge in [0.25, 0.3) is 0 Å². The van der Waals surface area contributed by atoms with E-state index in [1.807, 2.05) is 30.3 Å². The third kappa shape index (κ3) is 6.39. The van der Waals surface area contributed by atoms with Crippen LogP contribution >= 0.6 is 23.2 Å². The Balaban J connectivity index is 0.000000386. The highest BCUT2D eigenvalue weighted by Crippen LogP contribution is 2.35. The summed E-state index contributed by atoms with van der Waals surface area (Å²) in [6.45, 7) is 1.24.